The third-order valence-corrected chi connectivity index (χ3v) is 6.06. The molecule has 0 saturated carbocycles. The van der Waals surface area contributed by atoms with Gasteiger partial charge >= 0.3 is 0 Å². The van der Waals surface area contributed by atoms with Gasteiger partial charge in [-0.25, -0.2) is 4.98 Å². The van der Waals surface area contributed by atoms with E-state index in [1.807, 2.05) is 20.8 Å². The van der Waals surface area contributed by atoms with Crippen LogP contribution in [-0.2, 0) is 11.3 Å². The van der Waals surface area contributed by atoms with E-state index in [0.29, 0.717) is 29.6 Å². The Balaban J connectivity index is 2.48. The number of fused-ring (bicyclic) bond motifs is 1. The number of hydrogen-bond donors (Lipinski definition) is 1. The summed E-state index contributed by atoms with van der Waals surface area (Å²) in [5.74, 6) is 0.218. The summed E-state index contributed by atoms with van der Waals surface area (Å²) in [7, 11) is 0. The molecule has 7 heteroatoms. The molecule has 2 heterocycles. The fourth-order valence-corrected chi connectivity index (χ4v) is 4.47. The van der Waals surface area contributed by atoms with Crippen molar-refractivity contribution < 1.29 is 4.79 Å². The molecule has 0 aliphatic rings. The summed E-state index contributed by atoms with van der Waals surface area (Å²) in [6.07, 6.45) is 1.64. The van der Waals surface area contributed by atoms with Gasteiger partial charge in [0.1, 0.15) is 4.83 Å². The molecule has 25 heavy (non-hydrogen) atoms. The van der Waals surface area contributed by atoms with Crippen molar-refractivity contribution >= 4 is 39.2 Å². The van der Waals surface area contributed by atoms with Gasteiger partial charge < -0.3 is 5.32 Å². The average Bonchev–Trinajstić information content (AvgIpc) is 2.82. The summed E-state index contributed by atoms with van der Waals surface area (Å²) in [5, 5.41) is 3.75. The molecule has 1 atom stereocenters. The molecule has 2 aromatic heterocycles. The maximum absolute atomic E-state index is 13.0. The molecule has 0 aliphatic carbocycles. The molecule has 0 aromatic carbocycles. The van der Waals surface area contributed by atoms with E-state index in [4.69, 9.17) is 4.98 Å². The van der Waals surface area contributed by atoms with Gasteiger partial charge in [0.15, 0.2) is 5.16 Å². The second kappa shape index (κ2) is 8.19. The van der Waals surface area contributed by atoms with Crippen molar-refractivity contribution in [2.45, 2.75) is 51.6 Å². The highest BCUT2D eigenvalue weighted by molar-refractivity contribution is 8.00. The van der Waals surface area contributed by atoms with Crippen LogP contribution in [0, 0.1) is 19.8 Å². The van der Waals surface area contributed by atoms with Crippen LogP contribution in [0.1, 0.15) is 31.2 Å². The third kappa shape index (κ3) is 4.33. The molecule has 0 saturated heterocycles. The van der Waals surface area contributed by atoms with Gasteiger partial charge in [-0.3, -0.25) is 14.2 Å². The predicted molar refractivity (Wildman–Crippen MR) is 107 cm³/mol. The Morgan fingerprint density at radius 2 is 2.08 bits per heavy atom. The van der Waals surface area contributed by atoms with E-state index in [1.54, 1.807) is 10.6 Å². The summed E-state index contributed by atoms with van der Waals surface area (Å²) in [6.45, 7) is 14.5. The van der Waals surface area contributed by atoms with Crippen molar-refractivity contribution in [2.75, 3.05) is 6.54 Å². The Hall–Kier alpha value is -1.60. The standard InChI is InChI=1S/C18H25N3O2S2/c1-7-8-19-15(22)13(6)25-18-20-16-14(11(4)12(5)24-16)17(23)21(18)9-10(2)3/h7,10,13H,1,8-9H2,2-6H3,(H,19,22)/t13-/m0/s1. The Kier molecular flexibility index (Phi) is 6.46. The molecule has 0 spiro atoms. The normalized spacial score (nSPS) is 12.6. The number of rotatable bonds is 7. The predicted octanol–water partition coefficient (Wildman–Crippen LogP) is 3.51. The van der Waals surface area contributed by atoms with Gasteiger partial charge in [0.2, 0.25) is 5.91 Å². The second-order valence-corrected chi connectivity index (χ2v) is 8.97. The molecule has 1 amide bonds. The molecule has 1 N–H and O–H groups in total. The summed E-state index contributed by atoms with van der Waals surface area (Å²) in [5.41, 5.74) is 0.991. The summed E-state index contributed by atoms with van der Waals surface area (Å²) >= 11 is 2.86. The van der Waals surface area contributed by atoms with Crippen LogP contribution in [0.3, 0.4) is 0 Å². The van der Waals surface area contributed by atoms with E-state index < -0.39 is 0 Å². The molecule has 2 rings (SSSR count). The lowest BCUT2D eigenvalue weighted by Crippen LogP contribution is -2.32. The molecule has 0 radical (unpaired) electrons. The third-order valence-electron chi connectivity index (χ3n) is 3.87. The number of carbonyl (C=O) groups excluding carboxylic acids is 1. The smallest absolute Gasteiger partial charge is 0.263 e. The summed E-state index contributed by atoms with van der Waals surface area (Å²) in [6, 6.07) is 0. The second-order valence-electron chi connectivity index (χ2n) is 6.46. The molecule has 0 unspecified atom stereocenters. The number of carbonyl (C=O) groups is 1. The molecule has 0 bridgehead atoms. The minimum absolute atomic E-state index is 0.0123. The van der Waals surface area contributed by atoms with Crippen LogP contribution >= 0.6 is 23.1 Å². The highest BCUT2D eigenvalue weighted by atomic mass is 32.2. The number of thiophene rings is 1. The van der Waals surface area contributed by atoms with Crippen LogP contribution in [0.2, 0.25) is 0 Å². The van der Waals surface area contributed by atoms with Crippen LogP contribution < -0.4 is 10.9 Å². The maximum Gasteiger partial charge on any atom is 0.263 e. The number of nitrogens with one attached hydrogen (secondary N) is 1. The molecule has 2 aromatic rings. The van der Waals surface area contributed by atoms with Gasteiger partial charge in [-0.05, 0) is 32.3 Å². The van der Waals surface area contributed by atoms with E-state index in [-0.39, 0.29) is 16.7 Å². The average molecular weight is 380 g/mol. The van der Waals surface area contributed by atoms with Crippen molar-refractivity contribution in [1.29, 1.82) is 0 Å². The van der Waals surface area contributed by atoms with Gasteiger partial charge in [0, 0.05) is 18.0 Å². The first kappa shape index (κ1) is 19.7. The van der Waals surface area contributed by atoms with E-state index in [9.17, 15) is 9.59 Å². The Bertz CT molecular complexity index is 852. The topological polar surface area (TPSA) is 64.0 Å². The zero-order valence-corrected chi connectivity index (χ0v) is 17.0. The van der Waals surface area contributed by atoms with Crippen molar-refractivity contribution in [2.24, 2.45) is 5.92 Å². The molecule has 5 nitrogen and oxygen atoms in total. The molecular weight excluding hydrogens is 354 g/mol. The molecule has 0 fully saturated rings. The number of thioether (sulfide) groups is 1. The van der Waals surface area contributed by atoms with Crippen LogP contribution in [-0.4, -0.2) is 27.3 Å². The first-order valence-corrected chi connectivity index (χ1v) is 10.0. The first-order valence-electron chi connectivity index (χ1n) is 8.32. The number of hydrogen-bond acceptors (Lipinski definition) is 5. The van der Waals surface area contributed by atoms with E-state index in [2.05, 4.69) is 25.7 Å². The molecule has 136 valence electrons. The van der Waals surface area contributed by atoms with E-state index in [0.717, 1.165) is 15.3 Å². The number of nitrogens with zero attached hydrogens (tertiary/aromatic N) is 2. The number of aryl methyl sites for hydroxylation is 2. The summed E-state index contributed by atoms with van der Waals surface area (Å²) < 4.78 is 1.72. The zero-order chi connectivity index (χ0) is 18.7. The summed E-state index contributed by atoms with van der Waals surface area (Å²) in [4.78, 5) is 31.8. The van der Waals surface area contributed by atoms with Crippen molar-refractivity contribution in [3.63, 3.8) is 0 Å². The van der Waals surface area contributed by atoms with Gasteiger partial charge in [0.25, 0.3) is 5.56 Å². The first-order chi connectivity index (χ1) is 11.8. The molecular formula is C18H25N3O2S2. The fraction of sp³-hybridized carbons (Fsp3) is 0.500. The number of aromatic nitrogens is 2. The van der Waals surface area contributed by atoms with E-state index >= 15 is 0 Å². The SMILES string of the molecule is C=CCNC(=O)[C@H](C)Sc1nc2sc(C)c(C)c2c(=O)n1CC(C)C. The Labute approximate surface area is 156 Å². The van der Waals surface area contributed by atoms with E-state index in [1.165, 1.54) is 23.1 Å². The zero-order valence-electron chi connectivity index (χ0n) is 15.4. The van der Waals surface area contributed by atoms with Gasteiger partial charge in [-0.15, -0.1) is 17.9 Å². The van der Waals surface area contributed by atoms with Gasteiger partial charge in [-0.1, -0.05) is 31.7 Å². The van der Waals surface area contributed by atoms with Crippen LogP contribution in [0.4, 0.5) is 0 Å². The maximum atomic E-state index is 13.0. The fourth-order valence-electron chi connectivity index (χ4n) is 2.45. The lowest BCUT2D eigenvalue weighted by molar-refractivity contribution is -0.120. The van der Waals surface area contributed by atoms with Crippen molar-refractivity contribution in [3.05, 3.63) is 33.4 Å². The minimum atomic E-state index is -0.343. The lowest BCUT2D eigenvalue weighted by atomic mass is 10.2. The van der Waals surface area contributed by atoms with Crippen LogP contribution in [0.5, 0.6) is 0 Å². The van der Waals surface area contributed by atoms with Crippen molar-refractivity contribution in [3.8, 4) is 0 Å². The highest BCUT2D eigenvalue weighted by Gasteiger charge is 2.21. The van der Waals surface area contributed by atoms with Gasteiger partial charge in [-0.2, -0.15) is 0 Å². The number of amides is 1. The quantitative estimate of drug-likeness (QED) is 0.454. The monoisotopic (exact) mass is 379 g/mol. The highest BCUT2D eigenvalue weighted by Crippen LogP contribution is 2.30. The van der Waals surface area contributed by atoms with Crippen LogP contribution in [0.15, 0.2) is 22.6 Å². The Morgan fingerprint density at radius 3 is 2.68 bits per heavy atom. The Morgan fingerprint density at radius 1 is 1.40 bits per heavy atom. The van der Waals surface area contributed by atoms with Gasteiger partial charge in [0.05, 0.1) is 10.6 Å². The minimum Gasteiger partial charge on any atom is -0.352 e. The lowest BCUT2D eigenvalue weighted by Gasteiger charge is -2.16. The largest absolute Gasteiger partial charge is 0.352 e. The van der Waals surface area contributed by atoms with Crippen molar-refractivity contribution in [1.82, 2.24) is 14.9 Å². The van der Waals surface area contributed by atoms with Crippen LogP contribution in [0.25, 0.3) is 10.2 Å². The molecule has 0 aliphatic heterocycles.